The van der Waals surface area contributed by atoms with Crippen molar-refractivity contribution in [1.29, 1.82) is 5.26 Å². The molecule has 0 fully saturated rings. The first kappa shape index (κ1) is 18.1. The number of alkyl halides is 2. The minimum Gasteiger partial charge on any atom is -0.461 e. The van der Waals surface area contributed by atoms with Gasteiger partial charge in [0.1, 0.15) is 5.69 Å². The monoisotopic (exact) mass is 370 g/mol. The SMILES string of the molecule is CCOC(=O)c1nn(-c2ccc(C(F)F)nc2)c2cccc(C#N)c2c1=O. The zero-order chi connectivity index (χ0) is 19.6. The van der Waals surface area contributed by atoms with Gasteiger partial charge in [-0.15, -0.1) is 0 Å². The number of esters is 1. The lowest BCUT2D eigenvalue weighted by Gasteiger charge is -2.12. The van der Waals surface area contributed by atoms with Gasteiger partial charge in [0.15, 0.2) is 0 Å². The molecule has 136 valence electrons. The van der Waals surface area contributed by atoms with Crippen LogP contribution in [0.2, 0.25) is 0 Å². The molecule has 0 aliphatic heterocycles. The van der Waals surface area contributed by atoms with Crippen LogP contribution in [0, 0.1) is 11.3 Å². The predicted molar refractivity (Wildman–Crippen MR) is 90.8 cm³/mol. The number of nitrogens with zero attached hydrogens (tertiary/aromatic N) is 4. The van der Waals surface area contributed by atoms with E-state index in [0.29, 0.717) is 0 Å². The molecule has 2 heterocycles. The van der Waals surface area contributed by atoms with Crippen molar-refractivity contribution >= 4 is 16.9 Å². The summed E-state index contributed by atoms with van der Waals surface area (Å²) in [6.07, 6.45) is -1.59. The lowest BCUT2D eigenvalue weighted by molar-refractivity contribution is 0.0516. The fraction of sp³-hybridized carbons (Fsp3) is 0.167. The number of fused-ring (bicyclic) bond motifs is 1. The average Bonchev–Trinajstić information content (AvgIpc) is 2.68. The van der Waals surface area contributed by atoms with Crippen LogP contribution in [0.1, 0.15) is 35.1 Å². The number of benzene rings is 1. The van der Waals surface area contributed by atoms with E-state index in [1.807, 2.05) is 6.07 Å². The molecule has 7 nitrogen and oxygen atoms in total. The van der Waals surface area contributed by atoms with Gasteiger partial charge in [-0.25, -0.2) is 18.3 Å². The van der Waals surface area contributed by atoms with Gasteiger partial charge < -0.3 is 4.74 Å². The van der Waals surface area contributed by atoms with Crippen LogP contribution in [0.15, 0.2) is 41.3 Å². The van der Waals surface area contributed by atoms with Crippen LogP contribution in [-0.2, 0) is 4.74 Å². The number of hydrogen-bond acceptors (Lipinski definition) is 6. The highest BCUT2D eigenvalue weighted by Gasteiger charge is 2.21. The van der Waals surface area contributed by atoms with E-state index in [9.17, 15) is 23.6 Å². The molecule has 0 amide bonds. The third kappa shape index (κ3) is 3.25. The van der Waals surface area contributed by atoms with Crippen molar-refractivity contribution in [2.24, 2.45) is 0 Å². The normalized spacial score (nSPS) is 10.8. The highest BCUT2D eigenvalue weighted by molar-refractivity contribution is 5.94. The molecule has 0 saturated carbocycles. The van der Waals surface area contributed by atoms with Gasteiger partial charge >= 0.3 is 5.97 Å². The van der Waals surface area contributed by atoms with Crippen LogP contribution in [0.5, 0.6) is 0 Å². The van der Waals surface area contributed by atoms with Crippen LogP contribution >= 0.6 is 0 Å². The standard InChI is InChI=1S/C18H12F2N4O3/c1-2-27-18(26)15-16(25)14-10(8-21)4-3-5-13(14)24(23-15)11-6-7-12(17(19)20)22-9-11/h3-7,9,17H,2H2,1H3. The van der Waals surface area contributed by atoms with E-state index in [4.69, 9.17) is 4.74 Å². The molecule has 3 aromatic rings. The van der Waals surface area contributed by atoms with Crippen LogP contribution in [0.3, 0.4) is 0 Å². The summed E-state index contributed by atoms with van der Waals surface area (Å²) < 4.78 is 31.5. The molecule has 3 rings (SSSR count). The summed E-state index contributed by atoms with van der Waals surface area (Å²) in [5, 5.41) is 13.3. The van der Waals surface area contributed by atoms with E-state index in [1.165, 1.54) is 22.9 Å². The molecule has 0 unspecified atom stereocenters. The molecule has 0 saturated heterocycles. The molecule has 0 aliphatic carbocycles. The Bertz CT molecular complexity index is 1120. The second-order valence-electron chi connectivity index (χ2n) is 5.36. The molecular weight excluding hydrogens is 358 g/mol. The molecule has 0 spiro atoms. The van der Waals surface area contributed by atoms with E-state index >= 15 is 0 Å². The van der Waals surface area contributed by atoms with Crippen molar-refractivity contribution in [3.8, 4) is 11.8 Å². The van der Waals surface area contributed by atoms with Crippen molar-refractivity contribution in [3.05, 3.63) is 63.7 Å². The average molecular weight is 370 g/mol. The predicted octanol–water partition coefficient (Wildman–Crippen LogP) is 2.77. The van der Waals surface area contributed by atoms with Crippen molar-refractivity contribution in [2.45, 2.75) is 13.3 Å². The Kier molecular flexibility index (Phi) is 4.90. The largest absolute Gasteiger partial charge is 0.461 e. The molecule has 0 N–H and O–H groups in total. The second-order valence-corrected chi connectivity index (χ2v) is 5.36. The van der Waals surface area contributed by atoms with E-state index < -0.39 is 29.2 Å². The summed E-state index contributed by atoms with van der Waals surface area (Å²) in [5.74, 6) is -0.942. The number of aromatic nitrogens is 3. The number of rotatable bonds is 4. The Morgan fingerprint density at radius 2 is 2.11 bits per heavy atom. The molecule has 27 heavy (non-hydrogen) atoms. The van der Waals surface area contributed by atoms with Gasteiger partial charge in [-0.05, 0) is 31.2 Å². The number of halogens is 2. The Balaban J connectivity index is 2.34. The smallest absolute Gasteiger partial charge is 0.362 e. The van der Waals surface area contributed by atoms with Gasteiger partial charge in [0.05, 0.1) is 41.0 Å². The summed E-state index contributed by atoms with van der Waals surface area (Å²) in [5.41, 5.74) is -1.15. The van der Waals surface area contributed by atoms with Crippen LogP contribution in [0.25, 0.3) is 16.6 Å². The van der Waals surface area contributed by atoms with Crippen LogP contribution in [0.4, 0.5) is 8.78 Å². The van der Waals surface area contributed by atoms with Crippen molar-refractivity contribution < 1.29 is 18.3 Å². The van der Waals surface area contributed by atoms with Crippen molar-refractivity contribution in [3.63, 3.8) is 0 Å². The topological polar surface area (TPSA) is 97.9 Å². The van der Waals surface area contributed by atoms with E-state index in [-0.39, 0.29) is 28.8 Å². The third-order valence-electron chi connectivity index (χ3n) is 3.74. The molecule has 0 radical (unpaired) electrons. The van der Waals surface area contributed by atoms with Gasteiger partial charge in [-0.1, -0.05) is 6.07 Å². The van der Waals surface area contributed by atoms with Crippen molar-refractivity contribution in [2.75, 3.05) is 6.61 Å². The van der Waals surface area contributed by atoms with Gasteiger partial charge in [-0.2, -0.15) is 10.4 Å². The number of carbonyl (C=O) groups excluding carboxylic acids is 1. The van der Waals surface area contributed by atoms with E-state index in [1.54, 1.807) is 13.0 Å². The number of hydrogen-bond donors (Lipinski definition) is 0. The fourth-order valence-corrected chi connectivity index (χ4v) is 2.55. The zero-order valence-corrected chi connectivity index (χ0v) is 14.0. The van der Waals surface area contributed by atoms with Gasteiger partial charge in [0, 0.05) is 0 Å². The van der Waals surface area contributed by atoms with E-state index in [2.05, 4.69) is 10.1 Å². The maximum absolute atomic E-state index is 12.7. The summed E-state index contributed by atoms with van der Waals surface area (Å²) in [7, 11) is 0. The fourth-order valence-electron chi connectivity index (χ4n) is 2.55. The molecular formula is C18H12F2N4O3. The maximum atomic E-state index is 12.7. The minimum atomic E-state index is -2.74. The van der Waals surface area contributed by atoms with E-state index in [0.717, 1.165) is 12.3 Å². The summed E-state index contributed by atoms with van der Waals surface area (Å²) in [4.78, 5) is 28.5. The maximum Gasteiger partial charge on any atom is 0.362 e. The van der Waals surface area contributed by atoms with Gasteiger partial charge in [-0.3, -0.25) is 9.78 Å². The number of pyridine rings is 1. The second kappa shape index (κ2) is 7.29. The molecule has 0 aliphatic rings. The molecule has 9 heteroatoms. The summed E-state index contributed by atoms with van der Waals surface area (Å²) in [6.45, 7) is 1.60. The number of ether oxygens (including phenoxy) is 1. The molecule has 1 aromatic carbocycles. The third-order valence-corrected chi connectivity index (χ3v) is 3.74. The highest BCUT2D eigenvalue weighted by atomic mass is 19.3. The van der Waals surface area contributed by atoms with Gasteiger partial charge in [0.2, 0.25) is 11.1 Å². The highest BCUT2D eigenvalue weighted by Crippen LogP contribution is 2.21. The Morgan fingerprint density at radius 1 is 1.33 bits per heavy atom. The lowest BCUT2D eigenvalue weighted by atomic mass is 10.1. The Morgan fingerprint density at radius 3 is 2.70 bits per heavy atom. The molecule has 0 bridgehead atoms. The molecule has 0 atom stereocenters. The first-order chi connectivity index (χ1) is 13.0. The van der Waals surface area contributed by atoms with Crippen LogP contribution < -0.4 is 5.43 Å². The number of carbonyl (C=O) groups is 1. The minimum absolute atomic E-state index is 0.0176. The summed E-state index contributed by atoms with van der Waals surface area (Å²) >= 11 is 0. The Labute approximate surface area is 151 Å². The quantitative estimate of drug-likeness (QED) is 0.655. The zero-order valence-electron chi connectivity index (χ0n) is 14.0. The molecule has 2 aromatic heterocycles. The van der Waals surface area contributed by atoms with Crippen LogP contribution in [-0.4, -0.2) is 27.3 Å². The first-order valence-corrected chi connectivity index (χ1v) is 7.85. The van der Waals surface area contributed by atoms with Crippen molar-refractivity contribution in [1.82, 2.24) is 14.8 Å². The Hall–Kier alpha value is -3.67. The first-order valence-electron chi connectivity index (χ1n) is 7.85. The summed E-state index contributed by atoms with van der Waals surface area (Å²) in [6, 6.07) is 8.86. The van der Waals surface area contributed by atoms with Gasteiger partial charge in [0.25, 0.3) is 6.43 Å². The lowest BCUT2D eigenvalue weighted by Crippen LogP contribution is -2.24. The number of nitriles is 1.